The Bertz CT molecular complexity index is 1340. The van der Waals surface area contributed by atoms with E-state index in [2.05, 4.69) is 35.8 Å². The van der Waals surface area contributed by atoms with Gasteiger partial charge in [-0.2, -0.15) is 4.98 Å². The van der Waals surface area contributed by atoms with E-state index >= 15 is 0 Å². The van der Waals surface area contributed by atoms with E-state index in [-0.39, 0.29) is 18.4 Å². The smallest absolute Gasteiger partial charge is 0.340 e. The Morgan fingerprint density at radius 1 is 1.11 bits per heavy atom. The van der Waals surface area contributed by atoms with E-state index in [0.717, 1.165) is 5.56 Å². The molecule has 4 heterocycles. The number of nitrogens with zero attached hydrogens (tertiary/aromatic N) is 5. The quantitative estimate of drug-likeness (QED) is 0.339. The van der Waals surface area contributed by atoms with Gasteiger partial charge in [-0.1, -0.05) is 30.3 Å². The number of fused-ring (bicyclic) bond motifs is 1. The number of anilines is 3. The summed E-state index contributed by atoms with van der Waals surface area (Å²) in [5.41, 5.74) is 1.81. The Morgan fingerprint density at radius 2 is 1.94 bits per heavy atom. The number of hydrogen-bond donors (Lipinski definition) is 3. The number of aliphatic hydroxyl groups is 1. The highest BCUT2D eigenvalue weighted by Gasteiger charge is 2.33. The highest BCUT2D eigenvalue weighted by Crippen LogP contribution is 2.30. The van der Waals surface area contributed by atoms with Crippen molar-refractivity contribution in [2.75, 3.05) is 17.2 Å². The molecule has 0 saturated heterocycles. The monoisotopic (exact) mass is 473 g/mol. The van der Waals surface area contributed by atoms with Crippen LogP contribution in [-0.4, -0.2) is 48.4 Å². The molecule has 0 aliphatic carbocycles. The SMILES string of the molecule is CC1(C)Cc2nc(Nc3ncc(-c4nnco4)c(N[C@H](CO)c4ccccc4)n3)ccc2C(=O)O1. The summed E-state index contributed by atoms with van der Waals surface area (Å²) in [6, 6.07) is 12.4. The zero-order chi connectivity index (χ0) is 24.4. The molecule has 1 aliphatic heterocycles. The summed E-state index contributed by atoms with van der Waals surface area (Å²) in [5.74, 6) is 0.963. The van der Waals surface area contributed by atoms with Crippen molar-refractivity contribution in [3.05, 3.63) is 71.9 Å². The van der Waals surface area contributed by atoms with Gasteiger partial charge < -0.3 is 24.9 Å². The van der Waals surface area contributed by atoms with E-state index in [0.29, 0.717) is 34.9 Å². The highest BCUT2D eigenvalue weighted by molar-refractivity contribution is 5.92. The number of aromatic nitrogens is 5. The first-order valence-electron chi connectivity index (χ1n) is 11.0. The maximum absolute atomic E-state index is 12.3. The molecule has 5 rings (SSSR count). The summed E-state index contributed by atoms with van der Waals surface area (Å²) >= 11 is 0. The molecule has 0 unspecified atom stereocenters. The van der Waals surface area contributed by atoms with Crippen molar-refractivity contribution in [3.8, 4) is 11.5 Å². The lowest BCUT2D eigenvalue weighted by Crippen LogP contribution is -2.36. The van der Waals surface area contributed by atoms with Gasteiger partial charge in [-0.15, -0.1) is 10.2 Å². The van der Waals surface area contributed by atoms with Gasteiger partial charge in [0.05, 0.1) is 29.5 Å². The molecule has 178 valence electrons. The summed E-state index contributed by atoms with van der Waals surface area (Å²) in [5, 5.41) is 24.0. The van der Waals surface area contributed by atoms with Crippen molar-refractivity contribution in [2.24, 2.45) is 0 Å². The number of rotatable bonds is 7. The molecule has 0 fully saturated rings. The van der Waals surface area contributed by atoms with Crippen LogP contribution in [0.3, 0.4) is 0 Å². The third-order valence-corrected chi connectivity index (χ3v) is 5.47. The summed E-state index contributed by atoms with van der Waals surface area (Å²) in [7, 11) is 0. The summed E-state index contributed by atoms with van der Waals surface area (Å²) in [6.45, 7) is 3.52. The van der Waals surface area contributed by atoms with Crippen molar-refractivity contribution in [3.63, 3.8) is 0 Å². The zero-order valence-corrected chi connectivity index (χ0v) is 19.1. The molecule has 0 saturated carbocycles. The number of benzene rings is 1. The van der Waals surface area contributed by atoms with E-state index < -0.39 is 17.6 Å². The Hall–Kier alpha value is -4.38. The van der Waals surface area contributed by atoms with Crippen LogP contribution in [0, 0.1) is 0 Å². The average Bonchev–Trinajstić information content (AvgIpc) is 3.37. The van der Waals surface area contributed by atoms with Crippen molar-refractivity contribution in [1.29, 1.82) is 0 Å². The number of hydrogen-bond acceptors (Lipinski definition) is 11. The molecule has 0 spiro atoms. The standard InChI is InChI=1S/C24H23N7O4/c1-24(2)10-17-15(22(33)35-24)8-9-19(27-17)29-23-25-11-16(21-31-26-13-34-21)20(30-23)28-18(12-32)14-6-4-3-5-7-14/h3-9,11,13,18,32H,10,12H2,1-2H3,(H2,25,27,28,29,30)/t18-/m1/s1. The molecule has 0 radical (unpaired) electrons. The van der Waals surface area contributed by atoms with Crippen molar-refractivity contribution < 1.29 is 19.1 Å². The van der Waals surface area contributed by atoms with Crippen LogP contribution in [0.15, 0.2) is 59.5 Å². The first-order chi connectivity index (χ1) is 16.9. The van der Waals surface area contributed by atoms with Crippen molar-refractivity contribution in [2.45, 2.75) is 31.9 Å². The normalized spacial score (nSPS) is 15.1. The van der Waals surface area contributed by atoms with Gasteiger partial charge in [0.1, 0.15) is 17.2 Å². The molecule has 3 aromatic heterocycles. The number of ether oxygens (including phenoxy) is 1. The van der Waals surface area contributed by atoms with Gasteiger partial charge >= 0.3 is 5.97 Å². The molecule has 35 heavy (non-hydrogen) atoms. The molecule has 3 N–H and O–H groups in total. The predicted octanol–water partition coefficient (Wildman–Crippen LogP) is 3.30. The van der Waals surface area contributed by atoms with Crippen molar-refractivity contribution in [1.82, 2.24) is 25.1 Å². The number of aliphatic hydroxyl groups excluding tert-OH is 1. The number of carbonyl (C=O) groups excluding carboxylic acids is 1. The van der Waals surface area contributed by atoms with Crippen LogP contribution in [0.2, 0.25) is 0 Å². The molecular weight excluding hydrogens is 450 g/mol. The van der Waals surface area contributed by atoms with Crippen LogP contribution in [0.1, 0.15) is 41.5 Å². The zero-order valence-electron chi connectivity index (χ0n) is 19.1. The lowest BCUT2D eigenvalue weighted by Gasteiger charge is -2.30. The Labute approximate surface area is 200 Å². The van der Waals surface area contributed by atoms with Crippen LogP contribution in [0.5, 0.6) is 0 Å². The van der Waals surface area contributed by atoms with Crippen molar-refractivity contribution >= 4 is 23.6 Å². The van der Waals surface area contributed by atoms with Gasteiger partial charge in [0, 0.05) is 12.6 Å². The van der Waals surface area contributed by atoms with Crippen LogP contribution in [0.4, 0.5) is 17.6 Å². The second-order valence-corrected chi connectivity index (χ2v) is 8.63. The fraction of sp³-hybridized carbons (Fsp3) is 0.250. The van der Waals surface area contributed by atoms with Crippen LogP contribution in [0.25, 0.3) is 11.5 Å². The van der Waals surface area contributed by atoms with E-state index in [4.69, 9.17) is 9.15 Å². The molecule has 4 aromatic rings. The topological polar surface area (TPSA) is 148 Å². The van der Waals surface area contributed by atoms with Crippen LogP contribution >= 0.6 is 0 Å². The van der Waals surface area contributed by atoms with Gasteiger partial charge in [-0.05, 0) is 31.5 Å². The van der Waals surface area contributed by atoms with Crippen LogP contribution in [-0.2, 0) is 11.2 Å². The van der Waals surface area contributed by atoms with E-state index in [1.54, 1.807) is 18.3 Å². The van der Waals surface area contributed by atoms with Gasteiger partial charge in [0.15, 0.2) is 0 Å². The van der Waals surface area contributed by atoms with E-state index in [9.17, 15) is 9.90 Å². The minimum atomic E-state index is -0.633. The lowest BCUT2D eigenvalue weighted by atomic mass is 9.95. The first kappa shape index (κ1) is 22.4. The Balaban J connectivity index is 1.46. The van der Waals surface area contributed by atoms with Gasteiger partial charge in [-0.3, -0.25) is 0 Å². The van der Waals surface area contributed by atoms with Gasteiger partial charge in [-0.25, -0.2) is 14.8 Å². The number of esters is 1. The molecule has 1 aliphatic rings. The van der Waals surface area contributed by atoms with Gasteiger partial charge in [0.2, 0.25) is 12.3 Å². The molecule has 11 heteroatoms. The summed E-state index contributed by atoms with van der Waals surface area (Å²) < 4.78 is 10.8. The average molecular weight is 473 g/mol. The lowest BCUT2D eigenvalue weighted by molar-refractivity contribution is -0.00714. The second-order valence-electron chi connectivity index (χ2n) is 8.63. The maximum Gasteiger partial charge on any atom is 0.340 e. The fourth-order valence-electron chi connectivity index (χ4n) is 3.84. The minimum Gasteiger partial charge on any atom is -0.456 e. The highest BCUT2D eigenvalue weighted by atomic mass is 16.6. The molecule has 1 aromatic carbocycles. The number of cyclic esters (lactones) is 1. The Morgan fingerprint density at radius 3 is 2.69 bits per heavy atom. The van der Waals surface area contributed by atoms with Gasteiger partial charge in [0.25, 0.3) is 5.89 Å². The molecule has 1 atom stereocenters. The number of nitrogens with one attached hydrogen (secondary N) is 2. The fourth-order valence-corrected chi connectivity index (χ4v) is 3.84. The van der Waals surface area contributed by atoms with E-state index in [1.165, 1.54) is 6.39 Å². The maximum atomic E-state index is 12.3. The third kappa shape index (κ3) is 4.80. The predicted molar refractivity (Wildman–Crippen MR) is 126 cm³/mol. The third-order valence-electron chi connectivity index (χ3n) is 5.47. The molecular formula is C24H23N7O4. The largest absolute Gasteiger partial charge is 0.456 e. The number of pyridine rings is 1. The molecule has 11 nitrogen and oxygen atoms in total. The summed E-state index contributed by atoms with van der Waals surface area (Å²) in [4.78, 5) is 25.8. The Kier molecular flexibility index (Phi) is 5.83. The summed E-state index contributed by atoms with van der Waals surface area (Å²) in [6.07, 6.45) is 3.25. The minimum absolute atomic E-state index is 0.168. The number of carbonyl (C=O) groups is 1. The second kappa shape index (κ2) is 9.11. The molecule has 0 amide bonds. The first-order valence-corrected chi connectivity index (χ1v) is 11.0. The molecule has 0 bridgehead atoms. The van der Waals surface area contributed by atoms with Crippen LogP contribution < -0.4 is 10.6 Å². The van der Waals surface area contributed by atoms with E-state index in [1.807, 2.05) is 44.2 Å².